The highest BCUT2D eigenvalue weighted by molar-refractivity contribution is 5.80. The van der Waals surface area contributed by atoms with Crippen molar-refractivity contribution in [2.24, 2.45) is 5.41 Å². The molecule has 1 N–H and O–H groups in total. The van der Waals surface area contributed by atoms with Crippen molar-refractivity contribution in [2.75, 3.05) is 19.8 Å². The van der Waals surface area contributed by atoms with Gasteiger partial charge in [-0.1, -0.05) is 6.07 Å². The molecule has 4 heteroatoms. The van der Waals surface area contributed by atoms with Crippen molar-refractivity contribution >= 4 is 16.8 Å². The molecule has 21 heavy (non-hydrogen) atoms. The van der Waals surface area contributed by atoms with Crippen molar-refractivity contribution < 1.29 is 9.53 Å². The van der Waals surface area contributed by atoms with Gasteiger partial charge >= 0.3 is 0 Å². The van der Waals surface area contributed by atoms with E-state index in [1.165, 1.54) is 10.9 Å². The first kappa shape index (κ1) is 12.9. The van der Waals surface area contributed by atoms with Crippen molar-refractivity contribution in [3.8, 4) is 0 Å². The van der Waals surface area contributed by atoms with Gasteiger partial charge in [-0.2, -0.15) is 0 Å². The van der Waals surface area contributed by atoms with E-state index >= 15 is 0 Å². The van der Waals surface area contributed by atoms with E-state index in [1.807, 2.05) is 11.1 Å². The van der Waals surface area contributed by atoms with Gasteiger partial charge in [-0.3, -0.25) is 4.79 Å². The Labute approximate surface area is 124 Å². The predicted molar refractivity (Wildman–Crippen MR) is 80.8 cm³/mol. The number of likely N-dealkylation sites (tertiary alicyclic amines) is 1. The lowest BCUT2D eigenvalue weighted by molar-refractivity contribution is -0.138. The number of amides is 1. The highest BCUT2D eigenvalue weighted by atomic mass is 16.5. The summed E-state index contributed by atoms with van der Waals surface area (Å²) in [6.07, 6.45) is 4.69. The van der Waals surface area contributed by atoms with E-state index in [0.29, 0.717) is 13.0 Å². The Morgan fingerprint density at radius 3 is 3.10 bits per heavy atom. The molecule has 0 radical (unpaired) electrons. The zero-order valence-electron chi connectivity index (χ0n) is 12.1. The second-order valence-corrected chi connectivity index (χ2v) is 6.45. The average Bonchev–Trinajstić information content (AvgIpc) is 3.12. The van der Waals surface area contributed by atoms with Gasteiger partial charge in [0.15, 0.2) is 0 Å². The van der Waals surface area contributed by atoms with Gasteiger partial charge in [0.25, 0.3) is 0 Å². The molecule has 0 aliphatic carbocycles. The zero-order chi connectivity index (χ0) is 14.3. The summed E-state index contributed by atoms with van der Waals surface area (Å²) in [5.41, 5.74) is 2.56. The molecule has 2 aliphatic heterocycles. The number of hydrogen-bond acceptors (Lipinski definition) is 2. The predicted octanol–water partition coefficient (Wildman–Crippen LogP) is 2.70. The zero-order valence-corrected chi connectivity index (χ0v) is 12.1. The van der Waals surface area contributed by atoms with Gasteiger partial charge in [0.2, 0.25) is 5.91 Å². The minimum Gasteiger partial charge on any atom is -0.381 e. The van der Waals surface area contributed by atoms with Crippen LogP contribution < -0.4 is 0 Å². The summed E-state index contributed by atoms with van der Waals surface area (Å²) in [6.45, 7) is 3.21. The maximum Gasteiger partial charge on any atom is 0.222 e. The number of aromatic nitrogens is 1. The fourth-order valence-electron chi connectivity index (χ4n) is 3.64. The fourth-order valence-corrected chi connectivity index (χ4v) is 3.64. The van der Waals surface area contributed by atoms with Gasteiger partial charge in [0.1, 0.15) is 0 Å². The number of H-pyrrole nitrogens is 1. The third-order valence-electron chi connectivity index (χ3n) is 4.92. The molecule has 2 saturated heterocycles. The van der Waals surface area contributed by atoms with Gasteiger partial charge in [-0.05, 0) is 42.0 Å². The first-order valence-corrected chi connectivity index (χ1v) is 7.66. The monoisotopic (exact) mass is 284 g/mol. The molecule has 1 amide bonds. The Hall–Kier alpha value is -1.81. The molecule has 4 rings (SSSR count). The number of carbonyl (C=O) groups is 1. The molecule has 2 aromatic rings. The molecule has 1 aromatic heterocycles. The van der Waals surface area contributed by atoms with Crippen LogP contribution >= 0.6 is 0 Å². The number of rotatable bonds is 2. The van der Waals surface area contributed by atoms with Gasteiger partial charge in [-0.15, -0.1) is 0 Å². The number of carbonyl (C=O) groups excluding carboxylic acids is 1. The lowest BCUT2D eigenvalue weighted by atomic mass is 9.79. The summed E-state index contributed by atoms with van der Waals surface area (Å²) in [6, 6.07) is 8.45. The van der Waals surface area contributed by atoms with Crippen molar-refractivity contribution in [3.63, 3.8) is 0 Å². The maximum atomic E-state index is 12.2. The number of ether oxygens (including phenoxy) is 1. The Morgan fingerprint density at radius 2 is 2.24 bits per heavy atom. The Morgan fingerprint density at radius 1 is 1.29 bits per heavy atom. The minimum atomic E-state index is 0.214. The van der Waals surface area contributed by atoms with Crippen molar-refractivity contribution in [3.05, 3.63) is 36.0 Å². The number of piperidine rings is 1. The molecule has 110 valence electrons. The van der Waals surface area contributed by atoms with Crippen LogP contribution in [0.15, 0.2) is 30.5 Å². The second-order valence-electron chi connectivity index (χ2n) is 6.45. The van der Waals surface area contributed by atoms with Crippen LogP contribution in [-0.4, -0.2) is 35.5 Å². The lowest BCUT2D eigenvalue weighted by Gasteiger charge is -2.39. The van der Waals surface area contributed by atoms with Crippen LogP contribution in [0, 0.1) is 5.41 Å². The topological polar surface area (TPSA) is 45.3 Å². The normalized spacial score (nSPS) is 26.1. The van der Waals surface area contributed by atoms with Gasteiger partial charge in [0, 0.05) is 43.2 Å². The van der Waals surface area contributed by atoms with E-state index < -0.39 is 0 Å². The molecule has 0 saturated carbocycles. The molecule has 0 unspecified atom stereocenters. The van der Waals surface area contributed by atoms with Crippen LogP contribution in [-0.2, 0) is 16.1 Å². The second kappa shape index (κ2) is 4.88. The van der Waals surface area contributed by atoms with E-state index in [9.17, 15) is 4.79 Å². The van der Waals surface area contributed by atoms with Gasteiger partial charge < -0.3 is 14.6 Å². The summed E-state index contributed by atoms with van der Waals surface area (Å²) in [4.78, 5) is 17.5. The van der Waals surface area contributed by atoms with Crippen LogP contribution in [0.1, 0.15) is 24.8 Å². The first-order valence-electron chi connectivity index (χ1n) is 7.66. The maximum absolute atomic E-state index is 12.2. The Balaban J connectivity index is 1.55. The molecule has 2 aliphatic rings. The van der Waals surface area contributed by atoms with Crippen LogP contribution in [0.2, 0.25) is 0 Å². The van der Waals surface area contributed by atoms with E-state index in [2.05, 4.69) is 29.2 Å². The van der Waals surface area contributed by atoms with Crippen LogP contribution in [0.5, 0.6) is 0 Å². The average molecular weight is 284 g/mol. The minimum absolute atomic E-state index is 0.214. The number of fused-ring (bicyclic) bond motifs is 1. The van der Waals surface area contributed by atoms with Crippen LogP contribution in [0.4, 0.5) is 0 Å². The summed E-state index contributed by atoms with van der Waals surface area (Å²) in [5.74, 6) is 0.279. The van der Waals surface area contributed by atoms with Gasteiger partial charge in [0.05, 0.1) is 6.61 Å². The number of benzene rings is 1. The molecular formula is C17H20N2O2. The standard InChI is InChI=1S/C17H20N2O2/c20-16-3-5-17(6-8-21-12-17)11-19(16)10-13-1-2-15-14(9-13)4-7-18-15/h1-2,4,7,9,18H,3,5-6,8,10-12H2/t17-/m1/s1. The Kier molecular flexibility index (Phi) is 3.00. The van der Waals surface area contributed by atoms with Crippen LogP contribution in [0.3, 0.4) is 0 Å². The third-order valence-corrected chi connectivity index (χ3v) is 4.92. The van der Waals surface area contributed by atoms with Crippen molar-refractivity contribution in [1.29, 1.82) is 0 Å². The first-order chi connectivity index (χ1) is 10.2. The van der Waals surface area contributed by atoms with Crippen molar-refractivity contribution in [2.45, 2.75) is 25.8 Å². The molecule has 3 heterocycles. The fraction of sp³-hybridized carbons (Fsp3) is 0.471. The molecule has 1 aromatic carbocycles. The molecule has 4 nitrogen and oxygen atoms in total. The van der Waals surface area contributed by atoms with E-state index in [1.54, 1.807) is 0 Å². The SMILES string of the molecule is O=C1CC[C@@]2(CCOC2)CN1Cc1ccc2[nH]ccc2c1. The number of nitrogens with zero attached hydrogens (tertiary/aromatic N) is 1. The molecular weight excluding hydrogens is 264 g/mol. The van der Waals surface area contributed by atoms with E-state index in [-0.39, 0.29) is 11.3 Å². The quantitative estimate of drug-likeness (QED) is 0.921. The highest BCUT2D eigenvalue weighted by Crippen LogP contribution is 2.38. The number of nitrogens with one attached hydrogen (secondary N) is 1. The van der Waals surface area contributed by atoms with E-state index in [4.69, 9.17) is 4.74 Å². The third kappa shape index (κ3) is 2.33. The van der Waals surface area contributed by atoms with Crippen LogP contribution in [0.25, 0.3) is 10.9 Å². The summed E-state index contributed by atoms with van der Waals surface area (Å²) in [7, 11) is 0. The molecule has 2 fully saturated rings. The summed E-state index contributed by atoms with van der Waals surface area (Å²) >= 11 is 0. The number of aromatic amines is 1. The van der Waals surface area contributed by atoms with E-state index in [0.717, 1.165) is 38.1 Å². The summed E-state index contributed by atoms with van der Waals surface area (Å²) < 4.78 is 5.58. The molecule has 1 spiro atoms. The molecule has 1 atom stereocenters. The van der Waals surface area contributed by atoms with Crippen molar-refractivity contribution in [1.82, 2.24) is 9.88 Å². The highest BCUT2D eigenvalue weighted by Gasteiger charge is 2.41. The van der Waals surface area contributed by atoms with Gasteiger partial charge in [-0.25, -0.2) is 0 Å². The largest absolute Gasteiger partial charge is 0.381 e. The molecule has 0 bridgehead atoms. The lowest BCUT2D eigenvalue weighted by Crippen LogP contribution is -2.46. The summed E-state index contributed by atoms with van der Waals surface area (Å²) in [5, 5.41) is 1.20. The number of hydrogen-bond donors (Lipinski definition) is 1. The Bertz CT molecular complexity index is 670. The smallest absolute Gasteiger partial charge is 0.222 e.